The van der Waals surface area contributed by atoms with Gasteiger partial charge in [0, 0.05) is 6.04 Å². The number of benzene rings is 1. The maximum Gasteiger partial charge on any atom is 0.305 e. The fourth-order valence-electron chi connectivity index (χ4n) is 1.29. The smallest absolute Gasteiger partial charge is 0.305 e. The Kier molecular flexibility index (Phi) is 4.76. The molecule has 16 heavy (non-hydrogen) atoms. The first-order valence-electron chi connectivity index (χ1n) is 4.46. The monoisotopic (exact) mass is 351 g/mol. The summed E-state index contributed by atoms with van der Waals surface area (Å²) < 4.78 is 6.61. The summed E-state index contributed by atoms with van der Waals surface area (Å²) in [5.74, 6) is -0.262. The maximum atomic E-state index is 10.5. The first-order valence-corrected chi connectivity index (χ1v) is 6.04. The Labute approximate surface area is 110 Å². The molecular formula is C10H11Br2NO3. The second-order valence-electron chi connectivity index (χ2n) is 3.22. The molecule has 0 aromatic heterocycles. The van der Waals surface area contributed by atoms with Gasteiger partial charge in [-0.05, 0) is 49.6 Å². The number of ether oxygens (including phenoxy) is 1. The van der Waals surface area contributed by atoms with Crippen molar-refractivity contribution in [2.45, 2.75) is 12.5 Å². The van der Waals surface area contributed by atoms with Crippen LogP contribution in [-0.2, 0) is 4.79 Å². The molecule has 88 valence electrons. The Bertz CT molecular complexity index is 386. The molecule has 4 nitrogen and oxygen atoms in total. The van der Waals surface area contributed by atoms with Crippen molar-refractivity contribution in [1.29, 1.82) is 0 Å². The van der Waals surface area contributed by atoms with Crippen molar-refractivity contribution >= 4 is 37.8 Å². The van der Waals surface area contributed by atoms with Gasteiger partial charge >= 0.3 is 5.97 Å². The van der Waals surface area contributed by atoms with Crippen molar-refractivity contribution in [3.05, 3.63) is 26.6 Å². The third kappa shape index (κ3) is 3.20. The number of carboxylic acid groups (broad SMARTS) is 1. The van der Waals surface area contributed by atoms with Gasteiger partial charge in [0.05, 0.1) is 22.5 Å². The van der Waals surface area contributed by atoms with E-state index in [-0.39, 0.29) is 6.42 Å². The SMILES string of the molecule is COc1c(Br)cc(C(N)CC(=O)O)cc1Br. The van der Waals surface area contributed by atoms with Crippen molar-refractivity contribution in [3.8, 4) is 5.75 Å². The quantitative estimate of drug-likeness (QED) is 0.873. The summed E-state index contributed by atoms with van der Waals surface area (Å²) in [4.78, 5) is 10.5. The lowest BCUT2D eigenvalue weighted by molar-refractivity contribution is -0.137. The summed E-state index contributed by atoms with van der Waals surface area (Å²) in [6, 6.07) is 2.99. The largest absolute Gasteiger partial charge is 0.494 e. The second-order valence-corrected chi connectivity index (χ2v) is 4.93. The van der Waals surface area contributed by atoms with E-state index in [0.717, 1.165) is 14.5 Å². The van der Waals surface area contributed by atoms with Crippen LogP contribution in [0.3, 0.4) is 0 Å². The van der Waals surface area contributed by atoms with E-state index >= 15 is 0 Å². The third-order valence-electron chi connectivity index (χ3n) is 2.05. The molecule has 0 aliphatic rings. The van der Waals surface area contributed by atoms with Gasteiger partial charge in [0.2, 0.25) is 0 Å². The number of aliphatic carboxylic acids is 1. The normalized spacial score (nSPS) is 12.2. The number of nitrogens with two attached hydrogens (primary N) is 1. The molecule has 1 unspecified atom stereocenters. The predicted octanol–water partition coefficient (Wildman–Crippen LogP) is 2.69. The van der Waals surface area contributed by atoms with Crippen LogP contribution in [0.4, 0.5) is 0 Å². The summed E-state index contributed by atoms with van der Waals surface area (Å²) in [6.45, 7) is 0. The van der Waals surface area contributed by atoms with E-state index in [0.29, 0.717) is 5.75 Å². The van der Waals surface area contributed by atoms with Crippen molar-refractivity contribution < 1.29 is 14.6 Å². The minimum atomic E-state index is -0.921. The average molecular weight is 353 g/mol. The van der Waals surface area contributed by atoms with Crippen molar-refractivity contribution in [2.24, 2.45) is 5.73 Å². The summed E-state index contributed by atoms with van der Waals surface area (Å²) in [7, 11) is 1.56. The maximum absolute atomic E-state index is 10.5. The first kappa shape index (κ1) is 13.5. The molecular weight excluding hydrogens is 342 g/mol. The van der Waals surface area contributed by atoms with Crippen molar-refractivity contribution in [3.63, 3.8) is 0 Å². The Balaban J connectivity index is 3.03. The van der Waals surface area contributed by atoms with Crippen LogP contribution in [0, 0.1) is 0 Å². The Morgan fingerprint density at radius 1 is 1.50 bits per heavy atom. The van der Waals surface area contributed by atoms with Crippen LogP contribution in [0.15, 0.2) is 21.1 Å². The zero-order valence-corrected chi connectivity index (χ0v) is 11.7. The van der Waals surface area contributed by atoms with E-state index in [1.807, 2.05) is 0 Å². The summed E-state index contributed by atoms with van der Waals surface area (Å²) in [5, 5.41) is 8.66. The second kappa shape index (κ2) is 5.65. The van der Waals surface area contributed by atoms with E-state index in [1.54, 1.807) is 19.2 Å². The molecule has 0 heterocycles. The van der Waals surface area contributed by atoms with Crippen LogP contribution in [0.2, 0.25) is 0 Å². The Morgan fingerprint density at radius 2 is 2.00 bits per heavy atom. The first-order chi connectivity index (χ1) is 7.45. The van der Waals surface area contributed by atoms with Gasteiger partial charge < -0.3 is 15.6 Å². The number of methoxy groups -OCH3 is 1. The van der Waals surface area contributed by atoms with Gasteiger partial charge in [0.1, 0.15) is 5.75 Å². The zero-order chi connectivity index (χ0) is 12.3. The third-order valence-corrected chi connectivity index (χ3v) is 3.23. The highest BCUT2D eigenvalue weighted by molar-refractivity contribution is 9.11. The van der Waals surface area contributed by atoms with Gasteiger partial charge in [-0.3, -0.25) is 4.79 Å². The lowest BCUT2D eigenvalue weighted by Crippen LogP contribution is -2.15. The lowest BCUT2D eigenvalue weighted by Gasteiger charge is -2.13. The highest BCUT2D eigenvalue weighted by Gasteiger charge is 2.14. The molecule has 0 aliphatic heterocycles. The van der Waals surface area contributed by atoms with Crippen LogP contribution in [0.25, 0.3) is 0 Å². The molecule has 6 heteroatoms. The minimum Gasteiger partial charge on any atom is -0.494 e. The number of rotatable bonds is 4. The van der Waals surface area contributed by atoms with E-state index in [4.69, 9.17) is 15.6 Å². The Hall–Kier alpha value is -0.590. The zero-order valence-electron chi connectivity index (χ0n) is 8.54. The van der Waals surface area contributed by atoms with Crippen molar-refractivity contribution in [2.75, 3.05) is 7.11 Å². The summed E-state index contributed by atoms with van der Waals surface area (Å²) in [5.41, 5.74) is 6.50. The molecule has 3 N–H and O–H groups in total. The van der Waals surface area contributed by atoms with Gasteiger partial charge in [0.15, 0.2) is 0 Å². The van der Waals surface area contributed by atoms with E-state index in [9.17, 15) is 4.79 Å². The number of carbonyl (C=O) groups is 1. The number of carboxylic acids is 1. The minimum absolute atomic E-state index is 0.106. The molecule has 0 aliphatic carbocycles. The molecule has 0 spiro atoms. The fourth-order valence-corrected chi connectivity index (χ4v) is 2.84. The lowest BCUT2D eigenvalue weighted by atomic mass is 10.0. The molecule has 1 aromatic rings. The summed E-state index contributed by atoms with van der Waals surface area (Å²) in [6.07, 6.45) is -0.106. The highest BCUT2D eigenvalue weighted by atomic mass is 79.9. The standard InChI is InChI=1S/C10H11Br2NO3/c1-16-10-6(11)2-5(3-7(10)12)8(13)4-9(14)15/h2-3,8H,4,13H2,1H3,(H,14,15). The van der Waals surface area contributed by atoms with E-state index < -0.39 is 12.0 Å². The van der Waals surface area contributed by atoms with Gasteiger partial charge in [-0.1, -0.05) is 0 Å². The predicted molar refractivity (Wildman–Crippen MR) is 67.6 cm³/mol. The van der Waals surface area contributed by atoms with Gasteiger partial charge in [-0.15, -0.1) is 0 Å². The Morgan fingerprint density at radius 3 is 2.38 bits per heavy atom. The molecule has 0 saturated carbocycles. The molecule has 1 rings (SSSR count). The van der Waals surface area contributed by atoms with Gasteiger partial charge in [-0.25, -0.2) is 0 Å². The molecule has 1 atom stereocenters. The average Bonchev–Trinajstić information content (AvgIpc) is 2.16. The topological polar surface area (TPSA) is 72.5 Å². The molecule has 0 amide bonds. The highest BCUT2D eigenvalue weighted by Crippen LogP contribution is 2.36. The van der Waals surface area contributed by atoms with Crippen LogP contribution < -0.4 is 10.5 Å². The molecule has 1 aromatic carbocycles. The molecule has 0 saturated heterocycles. The van der Waals surface area contributed by atoms with E-state index in [1.165, 1.54) is 0 Å². The molecule has 0 radical (unpaired) electrons. The van der Waals surface area contributed by atoms with Gasteiger partial charge in [-0.2, -0.15) is 0 Å². The molecule has 0 fully saturated rings. The fraction of sp³-hybridized carbons (Fsp3) is 0.300. The van der Waals surface area contributed by atoms with Crippen LogP contribution >= 0.6 is 31.9 Å². The summed E-state index contributed by atoms with van der Waals surface area (Å²) >= 11 is 6.67. The number of halogens is 2. The van der Waals surface area contributed by atoms with Crippen LogP contribution in [0.5, 0.6) is 5.75 Å². The van der Waals surface area contributed by atoms with Crippen LogP contribution in [-0.4, -0.2) is 18.2 Å². The number of hydrogen-bond donors (Lipinski definition) is 2. The van der Waals surface area contributed by atoms with E-state index in [2.05, 4.69) is 31.9 Å². The number of hydrogen-bond acceptors (Lipinski definition) is 3. The van der Waals surface area contributed by atoms with Crippen LogP contribution in [0.1, 0.15) is 18.0 Å². The van der Waals surface area contributed by atoms with Gasteiger partial charge in [0.25, 0.3) is 0 Å². The van der Waals surface area contributed by atoms with Crippen molar-refractivity contribution in [1.82, 2.24) is 0 Å². The molecule has 0 bridgehead atoms.